The molecule has 1 aliphatic rings. The number of likely N-dealkylation sites (tertiary alicyclic amines) is 1. The van der Waals surface area contributed by atoms with E-state index in [-0.39, 0.29) is 16.9 Å². The van der Waals surface area contributed by atoms with Crippen molar-refractivity contribution in [3.8, 4) is 0 Å². The quantitative estimate of drug-likeness (QED) is 0.627. The molecule has 114 valence electrons. The monoisotopic (exact) mass is 305 g/mol. The minimum absolute atomic E-state index is 0.0592. The van der Waals surface area contributed by atoms with Gasteiger partial charge in [-0.05, 0) is 38.8 Å². The fourth-order valence-corrected chi connectivity index (χ4v) is 3.60. The van der Waals surface area contributed by atoms with Crippen LogP contribution in [0.3, 0.4) is 0 Å². The largest absolute Gasteiger partial charge is 0.342 e. The second kappa shape index (κ2) is 7.64. The van der Waals surface area contributed by atoms with Crippen molar-refractivity contribution in [2.45, 2.75) is 49.7 Å². The maximum Gasteiger partial charge on any atom is 0.235 e. The van der Waals surface area contributed by atoms with Gasteiger partial charge in [0.25, 0.3) is 0 Å². The van der Waals surface area contributed by atoms with Crippen molar-refractivity contribution in [2.75, 3.05) is 13.1 Å². The number of carbonyl (C=O) groups is 2. The lowest BCUT2D eigenvalue weighted by Gasteiger charge is -2.23. The van der Waals surface area contributed by atoms with Crippen molar-refractivity contribution < 1.29 is 9.59 Å². The molecule has 1 fully saturated rings. The van der Waals surface area contributed by atoms with Crippen LogP contribution in [0, 0.1) is 0 Å². The molecule has 1 aromatic rings. The van der Waals surface area contributed by atoms with E-state index in [1.54, 1.807) is 18.7 Å². The highest BCUT2D eigenvalue weighted by atomic mass is 32.2. The predicted molar refractivity (Wildman–Crippen MR) is 86.8 cm³/mol. The second-order valence-corrected chi connectivity index (χ2v) is 7.00. The summed E-state index contributed by atoms with van der Waals surface area (Å²) in [5, 5.41) is -0.106. The summed E-state index contributed by atoms with van der Waals surface area (Å²) < 4.78 is 0. The molecule has 1 heterocycles. The lowest BCUT2D eigenvalue weighted by Crippen LogP contribution is -2.37. The van der Waals surface area contributed by atoms with Gasteiger partial charge in [0.15, 0.2) is 5.78 Å². The van der Waals surface area contributed by atoms with E-state index < -0.39 is 0 Å². The summed E-state index contributed by atoms with van der Waals surface area (Å²) in [6.45, 7) is 5.29. The number of Topliss-reactive ketones (excluding diaryl/α,β-unsaturated/α-hetero) is 1. The number of hydrogen-bond acceptors (Lipinski definition) is 3. The maximum atomic E-state index is 12.5. The number of hydrogen-bond donors (Lipinski definition) is 0. The molecule has 1 unspecified atom stereocenters. The zero-order valence-electron chi connectivity index (χ0n) is 12.8. The first-order valence-corrected chi connectivity index (χ1v) is 8.52. The van der Waals surface area contributed by atoms with Crippen molar-refractivity contribution in [1.82, 2.24) is 4.90 Å². The normalized spacial score (nSPS) is 17.1. The fraction of sp³-hybridized carbons (Fsp3) is 0.529. The van der Waals surface area contributed by atoms with Gasteiger partial charge in [-0.15, -0.1) is 11.8 Å². The minimum atomic E-state index is -0.106. The lowest BCUT2D eigenvalue weighted by atomic mass is 10.2. The topological polar surface area (TPSA) is 37.4 Å². The number of ketones is 1. The Morgan fingerprint density at radius 2 is 1.81 bits per heavy atom. The van der Waals surface area contributed by atoms with Gasteiger partial charge in [-0.2, -0.15) is 0 Å². The molecule has 1 amide bonds. The second-order valence-electron chi connectivity index (χ2n) is 5.58. The van der Waals surface area contributed by atoms with Gasteiger partial charge >= 0.3 is 0 Å². The Morgan fingerprint density at radius 3 is 2.43 bits per heavy atom. The van der Waals surface area contributed by atoms with Crippen molar-refractivity contribution in [1.29, 1.82) is 0 Å². The third kappa shape index (κ3) is 4.60. The molecule has 4 heteroatoms. The first-order chi connectivity index (χ1) is 10.1. The van der Waals surface area contributed by atoms with Crippen LogP contribution in [0.1, 0.15) is 49.9 Å². The molecular formula is C17H23NO2S. The van der Waals surface area contributed by atoms with Crippen molar-refractivity contribution in [3.05, 3.63) is 29.8 Å². The van der Waals surface area contributed by atoms with Crippen molar-refractivity contribution in [3.63, 3.8) is 0 Å². The molecule has 1 aliphatic heterocycles. The summed E-state index contributed by atoms with van der Waals surface area (Å²) in [7, 11) is 0. The van der Waals surface area contributed by atoms with Gasteiger partial charge < -0.3 is 4.90 Å². The van der Waals surface area contributed by atoms with Crippen LogP contribution in [0.5, 0.6) is 0 Å². The Kier molecular flexibility index (Phi) is 5.85. The van der Waals surface area contributed by atoms with E-state index >= 15 is 0 Å². The molecule has 1 atom stereocenters. The molecule has 0 saturated carbocycles. The number of thioether (sulfide) groups is 1. The molecule has 3 nitrogen and oxygen atoms in total. The standard InChI is InChI=1S/C17H23NO2S/c1-13(19)15-8-7-9-16(12-15)21-14(2)17(20)18-10-5-3-4-6-11-18/h7-9,12,14H,3-6,10-11H2,1-2H3. The predicted octanol–water partition coefficient (Wildman–Crippen LogP) is 3.77. The molecule has 0 radical (unpaired) electrons. The first-order valence-electron chi connectivity index (χ1n) is 7.64. The van der Waals surface area contributed by atoms with Crippen LogP contribution in [0.2, 0.25) is 0 Å². The molecule has 0 aliphatic carbocycles. The van der Waals surface area contributed by atoms with E-state index in [4.69, 9.17) is 0 Å². The van der Waals surface area contributed by atoms with Gasteiger partial charge in [0.05, 0.1) is 5.25 Å². The molecule has 21 heavy (non-hydrogen) atoms. The van der Waals surface area contributed by atoms with Crippen LogP contribution in [0.4, 0.5) is 0 Å². The van der Waals surface area contributed by atoms with Crippen molar-refractivity contribution >= 4 is 23.5 Å². The van der Waals surface area contributed by atoms with E-state index in [1.807, 2.05) is 36.1 Å². The van der Waals surface area contributed by atoms with E-state index in [0.717, 1.165) is 30.8 Å². The Labute approximate surface area is 131 Å². The number of rotatable bonds is 4. The van der Waals surface area contributed by atoms with E-state index in [1.165, 1.54) is 12.8 Å². The Hall–Kier alpha value is -1.29. The summed E-state index contributed by atoms with van der Waals surface area (Å²) in [4.78, 5) is 26.9. The van der Waals surface area contributed by atoms with Crippen LogP contribution in [-0.4, -0.2) is 34.9 Å². The molecule has 1 aromatic carbocycles. The number of carbonyl (C=O) groups excluding carboxylic acids is 2. The Bertz CT molecular complexity index is 507. The van der Waals surface area contributed by atoms with Crippen molar-refractivity contribution in [2.24, 2.45) is 0 Å². The van der Waals surface area contributed by atoms with Crippen LogP contribution >= 0.6 is 11.8 Å². The number of amides is 1. The zero-order chi connectivity index (χ0) is 15.2. The van der Waals surface area contributed by atoms with Crippen LogP contribution in [-0.2, 0) is 4.79 Å². The smallest absolute Gasteiger partial charge is 0.235 e. The zero-order valence-corrected chi connectivity index (χ0v) is 13.6. The highest BCUT2D eigenvalue weighted by Gasteiger charge is 2.22. The van der Waals surface area contributed by atoms with Crippen LogP contribution < -0.4 is 0 Å². The average molecular weight is 305 g/mol. The summed E-state index contributed by atoms with van der Waals surface area (Å²) in [5.41, 5.74) is 0.703. The third-order valence-electron chi connectivity index (χ3n) is 3.82. The van der Waals surface area contributed by atoms with Gasteiger partial charge in [0, 0.05) is 23.5 Å². The van der Waals surface area contributed by atoms with Gasteiger partial charge in [-0.25, -0.2) is 0 Å². The van der Waals surface area contributed by atoms with Gasteiger partial charge in [-0.1, -0.05) is 25.0 Å². The molecule has 2 rings (SSSR count). The summed E-state index contributed by atoms with van der Waals surface area (Å²) >= 11 is 1.54. The summed E-state index contributed by atoms with van der Waals surface area (Å²) in [6, 6.07) is 7.53. The van der Waals surface area contributed by atoms with E-state index in [2.05, 4.69) is 0 Å². The molecule has 0 spiro atoms. The van der Waals surface area contributed by atoms with Crippen LogP contribution in [0.15, 0.2) is 29.2 Å². The summed E-state index contributed by atoms with van der Waals surface area (Å²) in [5.74, 6) is 0.277. The van der Waals surface area contributed by atoms with E-state index in [9.17, 15) is 9.59 Å². The number of benzene rings is 1. The fourth-order valence-electron chi connectivity index (χ4n) is 2.59. The average Bonchev–Trinajstić information content (AvgIpc) is 2.75. The molecular weight excluding hydrogens is 282 g/mol. The highest BCUT2D eigenvalue weighted by molar-refractivity contribution is 8.00. The van der Waals surface area contributed by atoms with Crippen LogP contribution in [0.25, 0.3) is 0 Å². The van der Waals surface area contributed by atoms with E-state index in [0.29, 0.717) is 5.56 Å². The lowest BCUT2D eigenvalue weighted by molar-refractivity contribution is -0.130. The highest BCUT2D eigenvalue weighted by Crippen LogP contribution is 2.26. The molecule has 0 bridgehead atoms. The molecule has 0 aromatic heterocycles. The van der Waals surface area contributed by atoms with Gasteiger partial charge in [-0.3, -0.25) is 9.59 Å². The summed E-state index contributed by atoms with van der Waals surface area (Å²) in [6.07, 6.45) is 4.68. The number of nitrogens with zero attached hydrogens (tertiary/aromatic N) is 1. The Balaban J connectivity index is 1.99. The molecule has 1 saturated heterocycles. The van der Waals surface area contributed by atoms with Gasteiger partial charge in [0.2, 0.25) is 5.91 Å². The molecule has 0 N–H and O–H groups in total. The first kappa shape index (κ1) is 16.1. The maximum absolute atomic E-state index is 12.5. The minimum Gasteiger partial charge on any atom is -0.342 e. The Morgan fingerprint density at radius 1 is 1.14 bits per heavy atom. The third-order valence-corrected chi connectivity index (χ3v) is 4.90. The SMILES string of the molecule is CC(=O)c1cccc(SC(C)C(=O)N2CCCCCC2)c1. The van der Waals surface area contributed by atoms with Gasteiger partial charge in [0.1, 0.15) is 0 Å².